The molecule has 1 aromatic heterocycles. The van der Waals surface area contributed by atoms with Gasteiger partial charge in [0.15, 0.2) is 0 Å². The van der Waals surface area contributed by atoms with E-state index in [1.165, 1.54) is 0 Å². The molecule has 5 heteroatoms. The van der Waals surface area contributed by atoms with Crippen molar-refractivity contribution < 1.29 is 4.79 Å². The Morgan fingerprint density at radius 2 is 1.71 bits per heavy atom. The Kier molecular flexibility index (Phi) is 5.08. The molecule has 0 bridgehead atoms. The lowest BCUT2D eigenvalue weighted by atomic mass is 10.1. The zero-order valence-electron chi connectivity index (χ0n) is 17.4. The molecule has 0 unspecified atom stereocenters. The molecule has 1 atom stereocenters. The Balaban J connectivity index is 1.42. The van der Waals surface area contributed by atoms with E-state index in [1.54, 1.807) is 6.20 Å². The van der Waals surface area contributed by atoms with Gasteiger partial charge in [0, 0.05) is 17.8 Å². The molecule has 3 aromatic carbocycles. The van der Waals surface area contributed by atoms with Gasteiger partial charge in [-0.2, -0.15) is 4.98 Å². The van der Waals surface area contributed by atoms with E-state index >= 15 is 0 Å². The number of carbonyl (C=O) groups is 1. The van der Waals surface area contributed by atoms with Gasteiger partial charge in [0.1, 0.15) is 5.82 Å². The number of rotatable bonds is 6. The van der Waals surface area contributed by atoms with Crippen molar-refractivity contribution in [1.82, 2.24) is 9.97 Å². The molecule has 1 aliphatic carbocycles. The lowest BCUT2D eigenvalue weighted by Crippen LogP contribution is -2.34. The van der Waals surface area contributed by atoms with Crippen LogP contribution in [0, 0.1) is 0 Å². The predicted molar refractivity (Wildman–Crippen MR) is 124 cm³/mol. The van der Waals surface area contributed by atoms with Crippen molar-refractivity contribution in [3.63, 3.8) is 0 Å². The summed E-state index contributed by atoms with van der Waals surface area (Å²) >= 11 is 0. The highest BCUT2D eigenvalue weighted by Gasteiger charge is 2.35. The highest BCUT2D eigenvalue weighted by atomic mass is 16.2. The first-order chi connectivity index (χ1) is 15.2. The van der Waals surface area contributed by atoms with Crippen LogP contribution in [0.1, 0.15) is 41.7 Å². The molecule has 5 nitrogen and oxygen atoms in total. The molecule has 5 rings (SSSR count). The molecule has 0 saturated heterocycles. The second-order valence-electron chi connectivity index (χ2n) is 7.98. The average molecular weight is 409 g/mol. The molecule has 1 N–H and O–H groups in total. The average Bonchev–Trinajstić information content (AvgIpc) is 3.65. The maximum absolute atomic E-state index is 13.5. The predicted octanol–water partition coefficient (Wildman–Crippen LogP) is 5.61. The summed E-state index contributed by atoms with van der Waals surface area (Å²) < 4.78 is 0. The molecule has 1 heterocycles. The quantitative estimate of drug-likeness (QED) is 0.450. The Morgan fingerprint density at radius 1 is 0.968 bits per heavy atom. The first-order valence-corrected chi connectivity index (χ1v) is 10.7. The Morgan fingerprint density at radius 3 is 2.48 bits per heavy atom. The summed E-state index contributed by atoms with van der Waals surface area (Å²) in [6.07, 6.45) is 3.70. The van der Waals surface area contributed by atoms with Gasteiger partial charge in [0.2, 0.25) is 5.95 Å². The summed E-state index contributed by atoms with van der Waals surface area (Å²) in [4.78, 5) is 24.4. The summed E-state index contributed by atoms with van der Waals surface area (Å²) in [5, 5.41) is 5.54. The number of fused-ring (bicyclic) bond motifs is 1. The first-order valence-electron chi connectivity index (χ1n) is 10.7. The fraction of sp³-hybridized carbons (Fsp3) is 0.192. The second-order valence-corrected chi connectivity index (χ2v) is 7.98. The summed E-state index contributed by atoms with van der Waals surface area (Å²) in [6.45, 7) is 2.07. The van der Waals surface area contributed by atoms with Crippen molar-refractivity contribution in [2.75, 3.05) is 10.2 Å². The van der Waals surface area contributed by atoms with Gasteiger partial charge in [-0.1, -0.05) is 60.7 Å². The van der Waals surface area contributed by atoms with E-state index in [0.717, 1.165) is 29.2 Å². The normalized spacial score (nSPS) is 14.2. The van der Waals surface area contributed by atoms with Gasteiger partial charge in [-0.3, -0.25) is 9.69 Å². The summed E-state index contributed by atoms with van der Waals surface area (Å²) in [7, 11) is 0. The summed E-state index contributed by atoms with van der Waals surface area (Å²) in [5.41, 5.74) is 1.83. The van der Waals surface area contributed by atoms with Crippen LogP contribution in [0.2, 0.25) is 0 Å². The van der Waals surface area contributed by atoms with E-state index in [2.05, 4.69) is 35.4 Å². The topological polar surface area (TPSA) is 58.1 Å². The molecule has 1 aliphatic rings. The number of carbonyl (C=O) groups excluding carboxylic acids is 1. The fourth-order valence-electron chi connectivity index (χ4n) is 3.82. The largest absolute Gasteiger partial charge is 0.348 e. The third kappa shape index (κ3) is 4.12. The molecule has 0 spiro atoms. The van der Waals surface area contributed by atoms with Crippen molar-refractivity contribution in [2.45, 2.75) is 31.8 Å². The monoisotopic (exact) mass is 408 g/mol. The van der Waals surface area contributed by atoms with E-state index in [4.69, 9.17) is 4.98 Å². The maximum Gasteiger partial charge on any atom is 0.259 e. The Bertz CT molecular complexity index is 1220. The SMILES string of the molecule is C[C@H](Nc1nccc(N(C(=O)c2ccc3ccccc3c2)C2CC2)n1)c1ccccc1. The molecular formula is C26H24N4O. The van der Waals surface area contributed by atoms with E-state index in [1.807, 2.05) is 65.6 Å². The highest BCUT2D eigenvalue weighted by Crippen LogP contribution is 2.33. The van der Waals surface area contributed by atoms with Crippen molar-refractivity contribution in [3.8, 4) is 0 Å². The number of aromatic nitrogens is 2. The fourth-order valence-corrected chi connectivity index (χ4v) is 3.82. The van der Waals surface area contributed by atoms with E-state index in [9.17, 15) is 4.79 Å². The standard InChI is InChI=1S/C26H24N4O/c1-18(19-7-3-2-4-8-19)28-26-27-16-15-24(29-26)30(23-13-14-23)25(31)22-12-11-20-9-5-6-10-21(20)17-22/h2-12,15-18,23H,13-14H2,1H3,(H,27,28,29)/t18-/m0/s1. The first kappa shape index (κ1) is 19.2. The van der Waals surface area contributed by atoms with Crippen molar-refractivity contribution in [3.05, 3.63) is 96.2 Å². The lowest BCUT2D eigenvalue weighted by molar-refractivity contribution is 0.0984. The van der Waals surface area contributed by atoms with Crippen LogP contribution < -0.4 is 10.2 Å². The van der Waals surface area contributed by atoms with Crippen LogP contribution in [0.15, 0.2) is 85.1 Å². The van der Waals surface area contributed by atoms with Gasteiger partial charge < -0.3 is 5.32 Å². The number of amides is 1. The molecule has 0 aliphatic heterocycles. The van der Waals surface area contributed by atoms with Crippen LogP contribution in [-0.4, -0.2) is 21.9 Å². The molecule has 31 heavy (non-hydrogen) atoms. The smallest absolute Gasteiger partial charge is 0.259 e. The molecule has 0 radical (unpaired) electrons. The van der Waals surface area contributed by atoms with Gasteiger partial charge in [-0.25, -0.2) is 4.98 Å². The van der Waals surface area contributed by atoms with Crippen LogP contribution in [0.3, 0.4) is 0 Å². The van der Waals surface area contributed by atoms with Gasteiger partial charge >= 0.3 is 0 Å². The zero-order chi connectivity index (χ0) is 21.2. The number of nitrogens with one attached hydrogen (secondary N) is 1. The third-order valence-corrected chi connectivity index (χ3v) is 5.66. The number of hydrogen-bond donors (Lipinski definition) is 1. The number of hydrogen-bond acceptors (Lipinski definition) is 4. The summed E-state index contributed by atoms with van der Waals surface area (Å²) in [6, 6.07) is 26.2. The Labute approximate surface area is 181 Å². The second kappa shape index (κ2) is 8.19. The van der Waals surface area contributed by atoms with Crippen LogP contribution in [0.25, 0.3) is 10.8 Å². The Hall–Kier alpha value is -3.73. The van der Waals surface area contributed by atoms with E-state index in [0.29, 0.717) is 17.3 Å². The summed E-state index contributed by atoms with van der Waals surface area (Å²) in [5.74, 6) is 1.14. The minimum atomic E-state index is -0.0194. The molecule has 1 amide bonds. The lowest BCUT2D eigenvalue weighted by Gasteiger charge is -2.23. The minimum Gasteiger partial charge on any atom is -0.348 e. The molecule has 1 fully saturated rings. The van der Waals surface area contributed by atoms with Crippen LogP contribution in [-0.2, 0) is 0 Å². The van der Waals surface area contributed by atoms with Crippen LogP contribution in [0.5, 0.6) is 0 Å². The third-order valence-electron chi connectivity index (χ3n) is 5.66. The molecule has 154 valence electrons. The van der Waals surface area contributed by atoms with E-state index < -0.39 is 0 Å². The van der Waals surface area contributed by atoms with Crippen molar-refractivity contribution in [1.29, 1.82) is 0 Å². The highest BCUT2D eigenvalue weighted by molar-refractivity contribution is 6.08. The number of benzene rings is 3. The van der Waals surface area contributed by atoms with Crippen LogP contribution in [0.4, 0.5) is 11.8 Å². The van der Waals surface area contributed by atoms with Gasteiger partial charge in [0.25, 0.3) is 5.91 Å². The minimum absolute atomic E-state index is 0.0194. The van der Waals surface area contributed by atoms with Crippen molar-refractivity contribution >= 4 is 28.4 Å². The van der Waals surface area contributed by atoms with Gasteiger partial charge in [0.05, 0.1) is 6.04 Å². The number of nitrogens with zero attached hydrogens (tertiary/aromatic N) is 3. The van der Waals surface area contributed by atoms with E-state index in [-0.39, 0.29) is 18.0 Å². The number of anilines is 2. The maximum atomic E-state index is 13.5. The molecular weight excluding hydrogens is 384 g/mol. The van der Waals surface area contributed by atoms with Gasteiger partial charge in [-0.05, 0) is 54.3 Å². The van der Waals surface area contributed by atoms with Crippen LogP contribution >= 0.6 is 0 Å². The molecule has 1 saturated carbocycles. The molecule has 4 aromatic rings. The van der Waals surface area contributed by atoms with Crippen molar-refractivity contribution in [2.24, 2.45) is 0 Å². The zero-order valence-corrected chi connectivity index (χ0v) is 17.4. The van der Waals surface area contributed by atoms with Gasteiger partial charge in [-0.15, -0.1) is 0 Å².